The molecule has 1 aromatic heterocycles. The van der Waals surface area contributed by atoms with Gasteiger partial charge in [-0.15, -0.1) is 0 Å². The van der Waals surface area contributed by atoms with Crippen molar-refractivity contribution in [1.82, 2.24) is 20.2 Å². The molecule has 0 atom stereocenters. The lowest BCUT2D eigenvalue weighted by Crippen LogP contribution is -2.52. The molecule has 3 aromatic rings. The maximum absolute atomic E-state index is 13.3. The second-order valence-electron chi connectivity index (χ2n) is 7.66. The fourth-order valence-corrected chi connectivity index (χ4v) is 4.20. The van der Waals surface area contributed by atoms with E-state index in [-0.39, 0.29) is 11.8 Å². The summed E-state index contributed by atoms with van der Waals surface area (Å²) in [6, 6.07) is 17.8. The van der Waals surface area contributed by atoms with Gasteiger partial charge in [0.25, 0.3) is 0 Å². The highest BCUT2D eigenvalue weighted by molar-refractivity contribution is 5.89. The van der Waals surface area contributed by atoms with Crippen molar-refractivity contribution in [3.63, 3.8) is 0 Å². The number of aromatic amines is 1. The summed E-state index contributed by atoms with van der Waals surface area (Å²) in [5, 5.41) is 3.13. The van der Waals surface area contributed by atoms with Crippen LogP contribution in [-0.2, 0) is 21.4 Å². The molecule has 1 aliphatic heterocycles. The number of hydrogen-bond acceptors (Lipinski definition) is 3. The summed E-state index contributed by atoms with van der Waals surface area (Å²) in [6.45, 7) is 3.30. The van der Waals surface area contributed by atoms with E-state index in [1.165, 1.54) is 0 Å². The maximum Gasteiger partial charge on any atom is 0.230 e. The van der Waals surface area contributed by atoms with E-state index < -0.39 is 5.41 Å². The van der Waals surface area contributed by atoms with Crippen molar-refractivity contribution in [2.45, 2.75) is 31.6 Å². The lowest BCUT2D eigenvalue weighted by molar-refractivity contribution is -0.135. The van der Waals surface area contributed by atoms with Gasteiger partial charge in [-0.25, -0.2) is 4.98 Å². The number of para-hydroxylation sites is 2. The van der Waals surface area contributed by atoms with E-state index >= 15 is 0 Å². The summed E-state index contributed by atoms with van der Waals surface area (Å²) < 4.78 is 0. The van der Waals surface area contributed by atoms with Crippen LogP contribution in [0.1, 0.15) is 31.2 Å². The Balaban J connectivity index is 1.46. The van der Waals surface area contributed by atoms with Gasteiger partial charge in [0.1, 0.15) is 5.82 Å². The van der Waals surface area contributed by atoms with Crippen LogP contribution < -0.4 is 5.32 Å². The second-order valence-corrected chi connectivity index (χ2v) is 7.66. The fourth-order valence-electron chi connectivity index (χ4n) is 4.20. The van der Waals surface area contributed by atoms with Crippen molar-refractivity contribution < 1.29 is 9.59 Å². The molecule has 0 bridgehead atoms. The highest BCUT2D eigenvalue weighted by Gasteiger charge is 2.43. The lowest BCUT2D eigenvalue weighted by Gasteiger charge is -2.40. The van der Waals surface area contributed by atoms with E-state index in [0.29, 0.717) is 38.9 Å². The lowest BCUT2D eigenvalue weighted by atomic mass is 9.72. The summed E-state index contributed by atoms with van der Waals surface area (Å²) in [4.78, 5) is 34.7. The van der Waals surface area contributed by atoms with Crippen molar-refractivity contribution in [3.8, 4) is 0 Å². The standard InChI is InChI=1S/C23H26N4O2/c1-17(28)27-15-12-23(13-16-27,18-7-3-2-4-8-18)22(29)24-14-11-21-25-19-9-5-6-10-20(19)26-21/h2-10H,11-16H2,1H3,(H,24,29)(H,25,26). The molecule has 2 amide bonds. The Morgan fingerprint density at radius 1 is 1.07 bits per heavy atom. The molecule has 6 heteroatoms. The summed E-state index contributed by atoms with van der Waals surface area (Å²) in [7, 11) is 0. The number of hydrogen-bond donors (Lipinski definition) is 2. The van der Waals surface area contributed by atoms with Crippen LogP contribution in [0.4, 0.5) is 0 Å². The van der Waals surface area contributed by atoms with Gasteiger partial charge in [0.2, 0.25) is 11.8 Å². The van der Waals surface area contributed by atoms with Crippen molar-refractivity contribution >= 4 is 22.8 Å². The number of imidazole rings is 1. The first-order valence-corrected chi connectivity index (χ1v) is 10.1. The number of nitrogens with zero attached hydrogens (tertiary/aromatic N) is 2. The third kappa shape index (κ3) is 3.88. The van der Waals surface area contributed by atoms with Gasteiger partial charge in [-0.05, 0) is 30.5 Å². The highest BCUT2D eigenvalue weighted by atomic mass is 16.2. The largest absolute Gasteiger partial charge is 0.355 e. The molecule has 0 aliphatic carbocycles. The van der Waals surface area contributed by atoms with E-state index in [2.05, 4.69) is 15.3 Å². The number of carbonyl (C=O) groups excluding carboxylic acids is 2. The molecule has 2 N–H and O–H groups in total. The first-order valence-electron chi connectivity index (χ1n) is 10.1. The van der Waals surface area contributed by atoms with Crippen molar-refractivity contribution in [2.24, 2.45) is 0 Å². The Labute approximate surface area is 170 Å². The number of benzene rings is 2. The average Bonchev–Trinajstić information content (AvgIpc) is 3.17. The molecular formula is C23H26N4O2. The van der Waals surface area contributed by atoms with Crippen LogP contribution in [0.2, 0.25) is 0 Å². The summed E-state index contributed by atoms with van der Waals surface area (Å²) >= 11 is 0. The topological polar surface area (TPSA) is 78.1 Å². The van der Waals surface area contributed by atoms with Crippen molar-refractivity contribution in [3.05, 3.63) is 66.0 Å². The number of amides is 2. The number of aromatic nitrogens is 2. The summed E-state index contributed by atoms with van der Waals surface area (Å²) in [6.07, 6.45) is 1.91. The van der Waals surface area contributed by atoms with Crippen LogP contribution >= 0.6 is 0 Å². The fraction of sp³-hybridized carbons (Fsp3) is 0.348. The molecule has 1 fully saturated rings. The van der Waals surface area contributed by atoms with E-state index in [9.17, 15) is 9.59 Å². The minimum Gasteiger partial charge on any atom is -0.355 e. The minimum absolute atomic E-state index is 0.0306. The zero-order valence-corrected chi connectivity index (χ0v) is 16.6. The monoisotopic (exact) mass is 390 g/mol. The number of fused-ring (bicyclic) bond motifs is 1. The number of H-pyrrole nitrogens is 1. The van der Waals surface area contributed by atoms with Crippen LogP contribution in [0.3, 0.4) is 0 Å². The van der Waals surface area contributed by atoms with Gasteiger partial charge >= 0.3 is 0 Å². The van der Waals surface area contributed by atoms with Gasteiger partial charge in [0.05, 0.1) is 16.4 Å². The first kappa shape index (κ1) is 19.2. The van der Waals surface area contributed by atoms with E-state index in [1.54, 1.807) is 6.92 Å². The normalized spacial score (nSPS) is 16.0. The summed E-state index contributed by atoms with van der Waals surface area (Å²) in [5.74, 6) is 0.964. The van der Waals surface area contributed by atoms with Gasteiger partial charge in [0, 0.05) is 33.0 Å². The van der Waals surface area contributed by atoms with E-state index in [1.807, 2.05) is 59.5 Å². The number of piperidine rings is 1. The van der Waals surface area contributed by atoms with E-state index in [0.717, 1.165) is 22.4 Å². The first-order chi connectivity index (χ1) is 14.1. The molecule has 1 saturated heterocycles. The molecule has 2 heterocycles. The Hall–Kier alpha value is -3.15. The van der Waals surface area contributed by atoms with Crippen LogP contribution in [-0.4, -0.2) is 46.3 Å². The molecule has 0 saturated carbocycles. The van der Waals surface area contributed by atoms with Gasteiger partial charge in [-0.1, -0.05) is 42.5 Å². The van der Waals surface area contributed by atoms with Gasteiger partial charge < -0.3 is 15.2 Å². The second kappa shape index (κ2) is 8.07. The molecule has 4 rings (SSSR count). The SMILES string of the molecule is CC(=O)N1CCC(C(=O)NCCc2nc3ccccc3[nH]2)(c2ccccc2)CC1. The van der Waals surface area contributed by atoms with E-state index in [4.69, 9.17) is 0 Å². The van der Waals surface area contributed by atoms with Crippen LogP contribution in [0.15, 0.2) is 54.6 Å². The third-order valence-corrected chi connectivity index (χ3v) is 5.91. The molecule has 0 unspecified atom stereocenters. The quantitative estimate of drug-likeness (QED) is 0.703. The average molecular weight is 390 g/mol. The van der Waals surface area contributed by atoms with Gasteiger partial charge in [-0.3, -0.25) is 9.59 Å². The minimum atomic E-state index is -0.596. The smallest absolute Gasteiger partial charge is 0.230 e. The molecule has 150 valence electrons. The predicted octanol–water partition coefficient (Wildman–Crippen LogP) is 2.80. The number of rotatable bonds is 5. The molecule has 0 radical (unpaired) electrons. The molecule has 1 aliphatic rings. The molecule has 2 aromatic carbocycles. The van der Waals surface area contributed by atoms with Crippen LogP contribution in [0.5, 0.6) is 0 Å². The zero-order chi connectivity index (χ0) is 20.3. The molecule has 6 nitrogen and oxygen atoms in total. The number of carbonyl (C=O) groups is 2. The Morgan fingerprint density at radius 2 is 1.76 bits per heavy atom. The zero-order valence-electron chi connectivity index (χ0n) is 16.6. The maximum atomic E-state index is 13.3. The Kier molecular flexibility index (Phi) is 5.34. The highest BCUT2D eigenvalue weighted by Crippen LogP contribution is 2.36. The molecule has 0 spiro atoms. The Morgan fingerprint density at radius 3 is 2.45 bits per heavy atom. The van der Waals surface area contributed by atoms with Gasteiger partial charge in [0.15, 0.2) is 0 Å². The number of nitrogens with one attached hydrogen (secondary N) is 2. The van der Waals surface area contributed by atoms with Gasteiger partial charge in [-0.2, -0.15) is 0 Å². The summed E-state index contributed by atoms with van der Waals surface area (Å²) in [5.41, 5.74) is 2.36. The Bertz CT molecular complexity index is 971. The third-order valence-electron chi connectivity index (χ3n) is 5.91. The molecule has 29 heavy (non-hydrogen) atoms. The van der Waals surface area contributed by atoms with Crippen LogP contribution in [0.25, 0.3) is 11.0 Å². The van der Waals surface area contributed by atoms with Crippen LogP contribution in [0, 0.1) is 0 Å². The van der Waals surface area contributed by atoms with Crippen molar-refractivity contribution in [1.29, 1.82) is 0 Å². The van der Waals surface area contributed by atoms with Crippen molar-refractivity contribution in [2.75, 3.05) is 19.6 Å². The number of likely N-dealkylation sites (tertiary alicyclic amines) is 1. The predicted molar refractivity (Wildman–Crippen MR) is 112 cm³/mol. The molecular weight excluding hydrogens is 364 g/mol.